The lowest BCUT2D eigenvalue weighted by Gasteiger charge is -2.08. The van der Waals surface area contributed by atoms with Crippen LogP contribution >= 0.6 is 11.5 Å². The first-order valence-electron chi connectivity index (χ1n) is 5.63. The second kappa shape index (κ2) is 4.31. The molecule has 1 heterocycles. The quantitative estimate of drug-likeness (QED) is 0.705. The maximum absolute atomic E-state index is 5.92. The molecule has 2 aromatic carbocycles. The number of ether oxygens (including phenoxy) is 1. The Labute approximate surface area is 109 Å². The Hall–Kier alpha value is -2.07. The molecule has 3 rings (SSSR count). The van der Waals surface area contributed by atoms with Gasteiger partial charge in [0.15, 0.2) is 0 Å². The number of aromatic nitrogens is 1. The number of nitrogens with zero attached hydrogens (tertiary/aromatic N) is 1. The van der Waals surface area contributed by atoms with Gasteiger partial charge in [0, 0.05) is 22.8 Å². The summed E-state index contributed by atoms with van der Waals surface area (Å²) < 4.78 is 10.3. The maximum atomic E-state index is 5.92. The van der Waals surface area contributed by atoms with E-state index in [1.807, 2.05) is 49.4 Å². The maximum Gasteiger partial charge on any atom is 0.207 e. The Morgan fingerprint density at radius 1 is 1.11 bits per heavy atom. The minimum absolute atomic E-state index is 0.737. The van der Waals surface area contributed by atoms with Gasteiger partial charge in [-0.2, -0.15) is 4.37 Å². The molecule has 0 radical (unpaired) electrons. The Kier molecular flexibility index (Phi) is 2.64. The van der Waals surface area contributed by atoms with Gasteiger partial charge in [0.1, 0.15) is 5.75 Å². The second-order valence-corrected chi connectivity index (χ2v) is 4.80. The van der Waals surface area contributed by atoms with Crippen molar-refractivity contribution in [2.45, 2.75) is 6.92 Å². The van der Waals surface area contributed by atoms with Gasteiger partial charge in [-0.3, -0.25) is 0 Å². The molecule has 0 fully saturated rings. The number of hydrogen-bond donors (Lipinski definition) is 1. The summed E-state index contributed by atoms with van der Waals surface area (Å²) in [6.07, 6.45) is 0. The largest absolute Gasteiger partial charge is 0.444 e. The van der Waals surface area contributed by atoms with Crippen LogP contribution in [0, 0.1) is 6.92 Å². The molecule has 0 aliphatic rings. The second-order valence-electron chi connectivity index (χ2n) is 4.06. The van der Waals surface area contributed by atoms with E-state index in [0.29, 0.717) is 0 Å². The lowest BCUT2D eigenvalue weighted by Crippen LogP contribution is -1.92. The van der Waals surface area contributed by atoms with Crippen molar-refractivity contribution in [3.05, 3.63) is 48.0 Å². The van der Waals surface area contributed by atoms with Crippen LogP contribution in [0.25, 0.3) is 10.9 Å². The Morgan fingerprint density at radius 3 is 2.83 bits per heavy atom. The highest BCUT2D eigenvalue weighted by Crippen LogP contribution is 2.35. The predicted molar refractivity (Wildman–Crippen MR) is 75.3 cm³/mol. The van der Waals surface area contributed by atoms with Gasteiger partial charge in [-0.15, -0.1) is 0 Å². The Morgan fingerprint density at radius 2 is 1.94 bits per heavy atom. The third-order valence-corrected chi connectivity index (χ3v) is 3.64. The van der Waals surface area contributed by atoms with Crippen LogP contribution in [0.5, 0.6) is 10.8 Å². The van der Waals surface area contributed by atoms with E-state index in [9.17, 15) is 0 Å². The monoisotopic (exact) mass is 256 g/mol. The fraction of sp³-hybridized carbons (Fsp3) is 0.0714. The van der Waals surface area contributed by atoms with E-state index in [4.69, 9.17) is 10.5 Å². The summed E-state index contributed by atoms with van der Waals surface area (Å²) in [7, 11) is 0. The van der Waals surface area contributed by atoms with Crippen LogP contribution in [0.2, 0.25) is 0 Å². The number of nitrogen functional groups attached to an aromatic ring is 1. The SMILES string of the molecule is Cc1c(N)cccc1Oc1snc2ccccc12. The summed E-state index contributed by atoms with van der Waals surface area (Å²) in [6.45, 7) is 1.95. The smallest absolute Gasteiger partial charge is 0.207 e. The third-order valence-electron chi connectivity index (χ3n) is 2.88. The van der Waals surface area contributed by atoms with Crippen molar-refractivity contribution in [2.24, 2.45) is 0 Å². The van der Waals surface area contributed by atoms with E-state index < -0.39 is 0 Å². The average Bonchev–Trinajstić information content (AvgIpc) is 2.79. The summed E-state index contributed by atoms with van der Waals surface area (Å²) in [6, 6.07) is 13.6. The first-order chi connectivity index (χ1) is 8.75. The molecular weight excluding hydrogens is 244 g/mol. The molecule has 3 aromatic rings. The number of fused-ring (bicyclic) bond motifs is 1. The molecule has 0 saturated carbocycles. The first-order valence-corrected chi connectivity index (χ1v) is 6.40. The van der Waals surface area contributed by atoms with Gasteiger partial charge in [-0.05, 0) is 31.2 Å². The van der Waals surface area contributed by atoms with Gasteiger partial charge in [-0.1, -0.05) is 18.2 Å². The van der Waals surface area contributed by atoms with Crippen molar-refractivity contribution in [1.82, 2.24) is 4.37 Å². The van der Waals surface area contributed by atoms with Crippen LogP contribution in [0.15, 0.2) is 42.5 Å². The molecule has 90 valence electrons. The molecule has 0 aliphatic heterocycles. The zero-order valence-electron chi connectivity index (χ0n) is 9.88. The number of nitrogens with two attached hydrogens (primary N) is 1. The minimum atomic E-state index is 0.737. The van der Waals surface area contributed by atoms with Gasteiger partial charge in [0.2, 0.25) is 5.06 Å². The van der Waals surface area contributed by atoms with Crippen LogP contribution in [0.1, 0.15) is 5.56 Å². The van der Waals surface area contributed by atoms with E-state index in [0.717, 1.165) is 33.0 Å². The predicted octanol–water partition coefficient (Wildman–Crippen LogP) is 3.98. The highest BCUT2D eigenvalue weighted by atomic mass is 32.1. The van der Waals surface area contributed by atoms with Gasteiger partial charge in [-0.25, -0.2) is 0 Å². The fourth-order valence-corrected chi connectivity index (χ4v) is 2.52. The molecule has 4 heteroatoms. The summed E-state index contributed by atoms with van der Waals surface area (Å²) in [4.78, 5) is 0. The van der Waals surface area contributed by atoms with E-state index in [-0.39, 0.29) is 0 Å². The van der Waals surface area contributed by atoms with Crippen molar-refractivity contribution < 1.29 is 4.74 Å². The van der Waals surface area contributed by atoms with Crippen molar-refractivity contribution >= 4 is 28.1 Å². The van der Waals surface area contributed by atoms with Crippen LogP contribution in [0.4, 0.5) is 5.69 Å². The van der Waals surface area contributed by atoms with Gasteiger partial charge >= 0.3 is 0 Å². The molecule has 0 unspecified atom stereocenters. The molecule has 3 nitrogen and oxygen atoms in total. The lowest BCUT2D eigenvalue weighted by atomic mass is 10.2. The molecule has 2 N–H and O–H groups in total. The highest BCUT2D eigenvalue weighted by Gasteiger charge is 2.09. The molecule has 0 atom stereocenters. The Bertz CT molecular complexity index is 706. The van der Waals surface area contributed by atoms with Crippen LogP contribution in [0.3, 0.4) is 0 Å². The summed E-state index contributed by atoms with van der Waals surface area (Å²) >= 11 is 1.36. The van der Waals surface area contributed by atoms with E-state index in [2.05, 4.69) is 4.37 Å². The summed E-state index contributed by atoms with van der Waals surface area (Å²) in [5.74, 6) is 0.782. The zero-order chi connectivity index (χ0) is 12.5. The van der Waals surface area contributed by atoms with Crippen molar-refractivity contribution in [3.63, 3.8) is 0 Å². The van der Waals surface area contributed by atoms with Crippen molar-refractivity contribution in [2.75, 3.05) is 5.73 Å². The zero-order valence-corrected chi connectivity index (χ0v) is 10.7. The molecule has 0 amide bonds. The summed E-state index contributed by atoms with van der Waals surface area (Å²) in [5.41, 5.74) is 8.52. The molecule has 0 aliphatic carbocycles. The van der Waals surface area contributed by atoms with Gasteiger partial charge in [0.05, 0.1) is 10.9 Å². The normalized spacial score (nSPS) is 10.7. The van der Waals surface area contributed by atoms with E-state index >= 15 is 0 Å². The molecule has 0 bridgehead atoms. The van der Waals surface area contributed by atoms with Crippen LogP contribution in [-0.4, -0.2) is 4.37 Å². The van der Waals surface area contributed by atoms with Crippen molar-refractivity contribution in [1.29, 1.82) is 0 Å². The van der Waals surface area contributed by atoms with E-state index in [1.165, 1.54) is 11.5 Å². The number of anilines is 1. The van der Waals surface area contributed by atoms with E-state index in [1.54, 1.807) is 0 Å². The standard InChI is InChI=1S/C14H12N2OS/c1-9-11(15)6-4-8-13(9)17-14-10-5-2-3-7-12(10)16-18-14/h2-8H,15H2,1H3. The molecule has 1 aromatic heterocycles. The first kappa shape index (κ1) is 11.0. The van der Waals surface area contributed by atoms with Crippen LogP contribution < -0.4 is 10.5 Å². The topological polar surface area (TPSA) is 48.1 Å². The number of benzene rings is 2. The third kappa shape index (κ3) is 1.80. The molecule has 0 spiro atoms. The molecular formula is C14H12N2OS. The van der Waals surface area contributed by atoms with Crippen molar-refractivity contribution in [3.8, 4) is 10.8 Å². The number of hydrogen-bond acceptors (Lipinski definition) is 4. The van der Waals surface area contributed by atoms with Gasteiger partial charge in [0.25, 0.3) is 0 Å². The molecule has 0 saturated heterocycles. The number of rotatable bonds is 2. The van der Waals surface area contributed by atoms with Crippen LogP contribution in [-0.2, 0) is 0 Å². The minimum Gasteiger partial charge on any atom is -0.444 e. The fourth-order valence-electron chi connectivity index (χ4n) is 1.78. The van der Waals surface area contributed by atoms with Gasteiger partial charge < -0.3 is 10.5 Å². The Balaban J connectivity index is 2.04. The summed E-state index contributed by atoms with van der Waals surface area (Å²) in [5, 5.41) is 1.84. The lowest BCUT2D eigenvalue weighted by molar-refractivity contribution is 0.498. The molecule has 18 heavy (non-hydrogen) atoms. The highest BCUT2D eigenvalue weighted by molar-refractivity contribution is 7.09. The average molecular weight is 256 g/mol.